The van der Waals surface area contributed by atoms with Gasteiger partial charge < -0.3 is 5.32 Å². The van der Waals surface area contributed by atoms with Crippen molar-refractivity contribution in [3.8, 4) is 0 Å². The zero-order valence-corrected chi connectivity index (χ0v) is 12.5. The normalized spacial score (nSPS) is 11.5. The maximum Gasteiger partial charge on any atom is 0.178 e. The van der Waals surface area contributed by atoms with Gasteiger partial charge in [0.1, 0.15) is 0 Å². The minimum absolute atomic E-state index is 0.126. The minimum Gasteiger partial charge on any atom is -0.385 e. The largest absolute Gasteiger partial charge is 0.385 e. The van der Waals surface area contributed by atoms with Gasteiger partial charge in [-0.25, -0.2) is 8.42 Å². The first kappa shape index (κ1) is 14.6. The number of rotatable bonds is 6. The maximum absolute atomic E-state index is 11.7. The van der Waals surface area contributed by atoms with E-state index in [1.54, 1.807) is 35.9 Å². The average molecular weight is 293 g/mol. The molecule has 0 fully saturated rings. The van der Waals surface area contributed by atoms with Crippen LogP contribution < -0.4 is 5.32 Å². The van der Waals surface area contributed by atoms with E-state index in [2.05, 4.69) is 10.4 Å². The quantitative estimate of drug-likeness (QED) is 0.883. The first-order valence-corrected chi connectivity index (χ1v) is 8.20. The second-order valence-electron chi connectivity index (χ2n) is 4.63. The Morgan fingerprint density at radius 3 is 2.50 bits per heavy atom. The maximum atomic E-state index is 11.7. The Morgan fingerprint density at radius 1 is 1.25 bits per heavy atom. The molecule has 0 unspecified atom stereocenters. The molecule has 6 heteroatoms. The van der Waals surface area contributed by atoms with E-state index >= 15 is 0 Å². The highest BCUT2D eigenvalue weighted by molar-refractivity contribution is 7.91. The smallest absolute Gasteiger partial charge is 0.178 e. The summed E-state index contributed by atoms with van der Waals surface area (Å²) in [6.45, 7) is 2.43. The number of sulfone groups is 1. The van der Waals surface area contributed by atoms with Crippen molar-refractivity contribution in [3.05, 3.63) is 42.2 Å². The lowest BCUT2D eigenvalue weighted by Crippen LogP contribution is -2.06. The summed E-state index contributed by atoms with van der Waals surface area (Å²) in [5.74, 6) is 0.126. The fraction of sp³-hybridized carbons (Fsp3) is 0.357. The van der Waals surface area contributed by atoms with Gasteiger partial charge in [0.2, 0.25) is 0 Å². The van der Waals surface area contributed by atoms with Gasteiger partial charge >= 0.3 is 0 Å². The lowest BCUT2D eigenvalue weighted by molar-refractivity contribution is 0.597. The topological polar surface area (TPSA) is 64.0 Å². The van der Waals surface area contributed by atoms with Crippen LogP contribution in [0.5, 0.6) is 0 Å². The van der Waals surface area contributed by atoms with Crippen LogP contribution in [0.2, 0.25) is 0 Å². The van der Waals surface area contributed by atoms with Gasteiger partial charge in [0.25, 0.3) is 0 Å². The van der Waals surface area contributed by atoms with Gasteiger partial charge in [-0.3, -0.25) is 4.68 Å². The molecular formula is C14H19N3O2S. The van der Waals surface area contributed by atoms with Crippen LogP contribution in [0.15, 0.2) is 41.6 Å². The summed E-state index contributed by atoms with van der Waals surface area (Å²) >= 11 is 0. The molecular weight excluding hydrogens is 274 g/mol. The Kier molecular flexibility index (Phi) is 4.44. The highest BCUT2D eigenvalue weighted by Gasteiger charge is 2.10. The summed E-state index contributed by atoms with van der Waals surface area (Å²) in [4.78, 5) is 0.373. The van der Waals surface area contributed by atoms with Crippen molar-refractivity contribution in [2.75, 3.05) is 17.6 Å². The molecule has 0 spiro atoms. The Hall–Kier alpha value is -1.82. The van der Waals surface area contributed by atoms with Crippen LogP contribution in [0.4, 0.5) is 5.69 Å². The summed E-state index contributed by atoms with van der Waals surface area (Å²) in [7, 11) is -1.22. The van der Waals surface area contributed by atoms with E-state index in [0.29, 0.717) is 4.90 Å². The van der Waals surface area contributed by atoms with E-state index in [4.69, 9.17) is 0 Å². The van der Waals surface area contributed by atoms with Crippen molar-refractivity contribution in [2.24, 2.45) is 7.05 Å². The van der Waals surface area contributed by atoms with Gasteiger partial charge in [0.05, 0.1) is 16.8 Å². The molecule has 1 heterocycles. The second-order valence-corrected chi connectivity index (χ2v) is 6.91. The summed E-state index contributed by atoms with van der Waals surface area (Å²) in [6, 6.07) is 6.88. The molecule has 20 heavy (non-hydrogen) atoms. The van der Waals surface area contributed by atoms with Crippen molar-refractivity contribution >= 4 is 15.5 Å². The van der Waals surface area contributed by atoms with Gasteiger partial charge in [-0.05, 0) is 36.2 Å². The predicted molar refractivity (Wildman–Crippen MR) is 79.6 cm³/mol. The minimum atomic E-state index is -3.11. The number of benzene rings is 1. The van der Waals surface area contributed by atoms with Crippen LogP contribution in [-0.4, -0.2) is 30.5 Å². The molecule has 0 bridgehead atoms. The van der Waals surface area contributed by atoms with Crippen molar-refractivity contribution in [1.82, 2.24) is 9.78 Å². The number of anilines is 1. The third-order valence-corrected chi connectivity index (χ3v) is 4.85. The van der Waals surface area contributed by atoms with E-state index in [0.717, 1.165) is 18.7 Å². The molecule has 2 rings (SSSR count). The number of hydrogen-bond donors (Lipinski definition) is 1. The molecule has 0 aliphatic heterocycles. The molecule has 0 radical (unpaired) electrons. The highest BCUT2D eigenvalue weighted by atomic mass is 32.2. The molecule has 5 nitrogen and oxygen atoms in total. The van der Waals surface area contributed by atoms with E-state index in [-0.39, 0.29) is 5.75 Å². The van der Waals surface area contributed by atoms with Crippen molar-refractivity contribution in [1.29, 1.82) is 0 Å². The zero-order valence-electron chi connectivity index (χ0n) is 11.7. The van der Waals surface area contributed by atoms with E-state index in [1.165, 1.54) is 5.56 Å². The molecule has 0 saturated carbocycles. The van der Waals surface area contributed by atoms with Crippen molar-refractivity contribution in [3.63, 3.8) is 0 Å². The van der Waals surface area contributed by atoms with Crippen LogP contribution in [0.3, 0.4) is 0 Å². The van der Waals surface area contributed by atoms with Crippen LogP contribution in [0.1, 0.15) is 12.5 Å². The molecule has 0 amide bonds. The van der Waals surface area contributed by atoms with Gasteiger partial charge in [-0.2, -0.15) is 5.10 Å². The van der Waals surface area contributed by atoms with Crippen LogP contribution >= 0.6 is 0 Å². The third kappa shape index (κ3) is 3.60. The molecule has 0 atom stereocenters. The number of hydrogen-bond acceptors (Lipinski definition) is 4. The molecule has 0 saturated heterocycles. The van der Waals surface area contributed by atoms with Gasteiger partial charge in [0.15, 0.2) is 9.84 Å². The Labute approximate surface area is 119 Å². The molecule has 1 aromatic carbocycles. The molecule has 2 aromatic rings. The zero-order chi connectivity index (χ0) is 14.6. The first-order valence-electron chi connectivity index (χ1n) is 6.55. The van der Waals surface area contributed by atoms with Crippen molar-refractivity contribution in [2.45, 2.75) is 18.2 Å². The molecule has 1 N–H and O–H groups in total. The summed E-state index contributed by atoms with van der Waals surface area (Å²) in [5.41, 5.74) is 2.09. The lowest BCUT2D eigenvalue weighted by Gasteiger charge is -2.07. The highest BCUT2D eigenvalue weighted by Crippen LogP contribution is 2.15. The summed E-state index contributed by atoms with van der Waals surface area (Å²) in [5, 5.41) is 7.38. The molecule has 108 valence electrons. The van der Waals surface area contributed by atoms with Crippen LogP contribution in [0.25, 0.3) is 0 Å². The van der Waals surface area contributed by atoms with Gasteiger partial charge in [-0.1, -0.05) is 6.92 Å². The third-order valence-electron chi connectivity index (χ3n) is 3.09. The number of nitrogens with zero attached hydrogens (tertiary/aromatic N) is 2. The fourth-order valence-electron chi connectivity index (χ4n) is 1.90. The van der Waals surface area contributed by atoms with Crippen molar-refractivity contribution < 1.29 is 8.42 Å². The Bertz CT molecular complexity index is 660. The fourth-order valence-corrected chi connectivity index (χ4v) is 2.78. The van der Waals surface area contributed by atoms with Crippen LogP contribution in [0, 0.1) is 0 Å². The summed E-state index contributed by atoms with van der Waals surface area (Å²) in [6.07, 6.45) is 4.71. The second kappa shape index (κ2) is 6.09. The average Bonchev–Trinajstić information content (AvgIpc) is 2.85. The van der Waals surface area contributed by atoms with Crippen LogP contribution in [-0.2, 0) is 23.3 Å². The standard InChI is InChI=1S/C14H19N3O2S/c1-3-20(18,19)14-6-4-13(5-7-14)15-9-8-12-10-16-17(2)11-12/h4-7,10-11,15H,3,8-9H2,1-2H3. The Morgan fingerprint density at radius 2 is 1.95 bits per heavy atom. The molecule has 0 aliphatic carbocycles. The van der Waals surface area contributed by atoms with Gasteiger partial charge in [0, 0.05) is 25.5 Å². The monoisotopic (exact) mass is 293 g/mol. The summed E-state index contributed by atoms with van der Waals surface area (Å²) < 4.78 is 25.1. The van der Waals surface area contributed by atoms with Gasteiger partial charge in [-0.15, -0.1) is 0 Å². The number of aromatic nitrogens is 2. The van der Waals surface area contributed by atoms with E-state index in [9.17, 15) is 8.42 Å². The molecule has 1 aromatic heterocycles. The Balaban J connectivity index is 1.91. The molecule has 0 aliphatic rings. The SMILES string of the molecule is CCS(=O)(=O)c1ccc(NCCc2cnn(C)c2)cc1. The lowest BCUT2D eigenvalue weighted by atomic mass is 10.2. The number of nitrogens with one attached hydrogen (secondary N) is 1. The first-order chi connectivity index (χ1) is 9.51. The predicted octanol–water partition coefficient (Wildman–Crippen LogP) is 1.87. The van der Waals surface area contributed by atoms with E-state index in [1.807, 2.05) is 19.4 Å². The van der Waals surface area contributed by atoms with E-state index < -0.39 is 9.84 Å². The number of aryl methyl sites for hydroxylation is 1.